The minimum atomic E-state index is -1.05. The SMILES string of the molecule is CCOC1CON=C1c1cc(Cl)ccc1OC(C)C(=O)O. The lowest BCUT2D eigenvalue weighted by atomic mass is 10.0. The molecule has 0 saturated carbocycles. The van der Waals surface area contributed by atoms with Gasteiger partial charge in [0.25, 0.3) is 0 Å². The summed E-state index contributed by atoms with van der Waals surface area (Å²) in [5, 5.41) is 13.4. The van der Waals surface area contributed by atoms with E-state index in [0.29, 0.717) is 35.3 Å². The second-order valence-electron chi connectivity index (χ2n) is 4.46. The van der Waals surface area contributed by atoms with Gasteiger partial charge in [-0.05, 0) is 32.0 Å². The van der Waals surface area contributed by atoms with Crippen LogP contribution in [0.2, 0.25) is 5.02 Å². The molecule has 0 amide bonds. The maximum absolute atomic E-state index is 10.9. The predicted molar refractivity (Wildman–Crippen MR) is 77.1 cm³/mol. The van der Waals surface area contributed by atoms with Crippen LogP contribution in [0, 0.1) is 0 Å². The molecule has 2 atom stereocenters. The van der Waals surface area contributed by atoms with Gasteiger partial charge in [-0.1, -0.05) is 16.8 Å². The van der Waals surface area contributed by atoms with Gasteiger partial charge >= 0.3 is 5.97 Å². The first-order valence-electron chi connectivity index (χ1n) is 6.53. The molecule has 2 rings (SSSR count). The fourth-order valence-corrected chi connectivity index (χ4v) is 2.08. The molecule has 1 aromatic carbocycles. The van der Waals surface area contributed by atoms with Gasteiger partial charge in [-0.2, -0.15) is 0 Å². The monoisotopic (exact) mass is 313 g/mol. The Labute approximate surface area is 127 Å². The fraction of sp³-hybridized carbons (Fsp3) is 0.429. The lowest BCUT2D eigenvalue weighted by Crippen LogP contribution is -2.27. The highest BCUT2D eigenvalue weighted by molar-refractivity contribution is 6.31. The molecule has 7 heteroatoms. The van der Waals surface area contributed by atoms with Crippen molar-refractivity contribution in [3.05, 3.63) is 28.8 Å². The van der Waals surface area contributed by atoms with E-state index in [4.69, 9.17) is 31.0 Å². The van der Waals surface area contributed by atoms with Crippen molar-refractivity contribution >= 4 is 23.3 Å². The van der Waals surface area contributed by atoms with E-state index in [2.05, 4.69) is 5.16 Å². The fourth-order valence-electron chi connectivity index (χ4n) is 1.91. The van der Waals surface area contributed by atoms with Gasteiger partial charge in [-0.3, -0.25) is 0 Å². The molecule has 0 aromatic heterocycles. The third-order valence-corrected chi connectivity index (χ3v) is 3.17. The Bertz CT molecular complexity index is 560. The lowest BCUT2D eigenvalue weighted by Gasteiger charge is -2.17. The first-order chi connectivity index (χ1) is 10.0. The maximum atomic E-state index is 10.9. The van der Waals surface area contributed by atoms with Crippen LogP contribution in [0.1, 0.15) is 19.4 Å². The number of carboxylic acids is 1. The first-order valence-corrected chi connectivity index (χ1v) is 6.91. The van der Waals surface area contributed by atoms with Crippen LogP contribution in [-0.2, 0) is 14.4 Å². The van der Waals surface area contributed by atoms with Crippen molar-refractivity contribution in [3.8, 4) is 5.75 Å². The second kappa shape index (κ2) is 6.78. The molecule has 6 nitrogen and oxygen atoms in total. The third kappa shape index (κ3) is 3.65. The Hall–Kier alpha value is -1.79. The van der Waals surface area contributed by atoms with Crippen molar-refractivity contribution in [2.45, 2.75) is 26.1 Å². The topological polar surface area (TPSA) is 77.3 Å². The largest absolute Gasteiger partial charge is 0.479 e. The van der Waals surface area contributed by atoms with Crippen LogP contribution in [0.5, 0.6) is 5.75 Å². The highest BCUT2D eigenvalue weighted by atomic mass is 35.5. The van der Waals surface area contributed by atoms with Gasteiger partial charge < -0.3 is 19.4 Å². The van der Waals surface area contributed by atoms with E-state index < -0.39 is 12.1 Å². The number of carboxylic acid groups (broad SMARTS) is 1. The summed E-state index contributed by atoms with van der Waals surface area (Å²) in [4.78, 5) is 16.0. The minimum Gasteiger partial charge on any atom is -0.479 e. The molecular weight excluding hydrogens is 298 g/mol. The van der Waals surface area contributed by atoms with Crippen molar-refractivity contribution in [2.24, 2.45) is 5.16 Å². The zero-order chi connectivity index (χ0) is 15.4. The number of ether oxygens (including phenoxy) is 2. The van der Waals surface area contributed by atoms with E-state index >= 15 is 0 Å². The molecule has 1 aromatic rings. The standard InChI is InChI=1S/C14H16ClNO5/c1-3-19-12-7-20-16-13(12)10-6-9(15)4-5-11(10)21-8(2)14(17)18/h4-6,8,12H,3,7H2,1-2H3,(H,17,18). The van der Waals surface area contributed by atoms with E-state index in [9.17, 15) is 4.79 Å². The van der Waals surface area contributed by atoms with Crippen molar-refractivity contribution < 1.29 is 24.2 Å². The van der Waals surface area contributed by atoms with Gasteiger partial charge in [0.05, 0.1) is 0 Å². The van der Waals surface area contributed by atoms with E-state index in [1.807, 2.05) is 6.92 Å². The number of oxime groups is 1. The zero-order valence-electron chi connectivity index (χ0n) is 11.7. The van der Waals surface area contributed by atoms with E-state index in [0.717, 1.165) is 0 Å². The van der Waals surface area contributed by atoms with Crippen LogP contribution >= 0.6 is 11.6 Å². The normalized spacial score (nSPS) is 18.8. The Balaban J connectivity index is 2.33. The molecule has 1 aliphatic heterocycles. The number of nitrogens with zero attached hydrogens (tertiary/aromatic N) is 1. The van der Waals surface area contributed by atoms with Crippen LogP contribution in [0.4, 0.5) is 0 Å². The maximum Gasteiger partial charge on any atom is 0.344 e. The number of carbonyl (C=O) groups is 1. The molecule has 1 aliphatic rings. The van der Waals surface area contributed by atoms with E-state index in [1.165, 1.54) is 6.92 Å². The zero-order valence-corrected chi connectivity index (χ0v) is 12.5. The molecule has 0 saturated heterocycles. The van der Waals surface area contributed by atoms with Crippen LogP contribution in [0.3, 0.4) is 0 Å². The van der Waals surface area contributed by atoms with Crippen molar-refractivity contribution in [3.63, 3.8) is 0 Å². The second-order valence-corrected chi connectivity index (χ2v) is 4.89. The third-order valence-electron chi connectivity index (χ3n) is 2.93. The van der Waals surface area contributed by atoms with E-state index in [1.54, 1.807) is 18.2 Å². The van der Waals surface area contributed by atoms with Crippen molar-refractivity contribution in [1.82, 2.24) is 0 Å². The smallest absolute Gasteiger partial charge is 0.344 e. The first kappa shape index (κ1) is 15.6. The van der Waals surface area contributed by atoms with Crippen molar-refractivity contribution in [2.75, 3.05) is 13.2 Å². The minimum absolute atomic E-state index is 0.309. The average Bonchev–Trinajstić information content (AvgIpc) is 2.89. The molecule has 0 spiro atoms. The van der Waals surface area contributed by atoms with Gasteiger partial charge in [0.2, 0.25) is 0 Å². The molecule has 1 heterocycles. The van der Waals surface area contributed by atoms with Gasteiger partial charge in [-0.25, -0.2) is 4.79 Å². The summed E-state index contributed by atoms with van der Waals surface area (Å²) in [5.41, 5.74) is 1.12. The summed E-state index contributed by atoms with van der Waals surface area (Å²) in [6, 6.07) is 4.90. The number of halogens is 1. The predicted octanol–water partition coefficient (Wildman–Crippen LogP) is 2.33. The number of aliphatic carboxylic acids is 1. The Kier molecular flexibility index (Phi) is 5.03. The molecule has 21 heavy (non-hydrogen) atoms. The summed E-state index contributed by atoms with van der Waals surface area (Å²) in [6.07, 6.45) is -1.31. The van der Waals surface area contributed by atoms with Gasteiger partial charge in [0.1, 0.15) is 24.2 Å². The molecule has 0 aliphatic carbocycles. The molecule has 0 fully saturated rings. The summed E-state index contributed by atoms with van der Waals surface area (Å²) in [7, 11) is 0. The number of benzene rings is 1. The van der Waals surface area contributed by atoms with Gasteiger partial charge in [0.15, 0.2) is 6.10 Å². The van der Waals surface area contributed by atoms with Crippen LogP contribution < -0.4 is 4.74 Å². The number of rotatable bonds is 6. The van der Waals surface area contributed by atoms with Gasteiger partial charge in [0, 0.05) is 17.2 Å². The summed E-state index contributed by atoms with van der Waals surface area (Å²) in [5.74, 6) is -0.676. The highest BCUT2D eigenvalue weighted by Crippen LogP contribution is 2.28. The van der Waals surface area contributed by atoms with Crippen molar-refractivity contribution in [1.29, 1.82) is 0 Å². The number of hydrogen-bond donors (Lipinski definition) is 1. The van der Waals surface area contributed by atoms with Crippen LogP contribution in [-0.4, -0.2) is 42.2 Å². The lowest BCUT2D eigenvalue weighted by molar-refractivity contribution is -0.144. The average molecular weight is 314 g/mol. The molecule has 2 unspecified atom stereocenters. The molecular formula is C14H16ClNO5. The molecule has 1 N–H and O–H groups in total. The highest BCUT2D eigenvalue weighted by Gasteiger charge is 2.28. The Morgan fingerprint density at radius 1 is 1.62 bits per heavy atom. The van der Waals surface area contributed by atoms with Crippen LogP contribution in [0.25, 0.3) is 0 Å². The Morgan fingerprint density at radius 3 is 3.05 bits per heavy atom. The molecule has 0 bridgehead atoms. The number of hydrogen-bond acceptors (Lipinski definition) is 5. The molecule has 114 valence electrons. The summed E-state index contributed by atoms with van der Waals surface area (Å²) >= 11 is 6.01. The molecule has 0 radical (unpaired) electrons. The Morgan fingerprint density at radius 2 is 2.38 bits per heavy atom. The quantitative estimate of drug-likeness (QED) is 0.872. The summed E-state index contributed by atoms with van der Waals surface area (Å²) in [6.45, 7) is 4.14. The summed E-state index contributed by atoms with van der Waals surface area (Å²) < 4.78 is 11.0. The van der Waals surface area contributed by atoms with Crippen LogP contribution in [0.15, 0.2) is 23.4 Å². The van der Waals surface area contributed by atoms with E-state index in [-0.39, 0.29) is 6.10 Å². The van der Waals surface area contributed by atoms with Gasteiger partial charge in [-0.15, -0.1) is 0 Å².